The number of primary amides is 1. The minimum atomic E-state index is -0.284. The van der Waals surface area contributed by atoms with Crippen molar-refractivity contribution in [2.45, 2.75) is 19.8 Å². The minimum Gasteiger partial charge on any atom is -0.366 e. The highest BCUT2D eigenvalue weighted by Crippen LogP contribution is 2.20. The highest BCUT2D eigenvalue weighted by atomic mass is 16.1. The molecule has 1 unspecified atom stereocenters. The van der Waals surface area contributed by atoms with Crippen LogP contribution in [0.25, 0.3) is 0 Å². The number of amides is 1. The Kier molecular flexibility index (Phi) is 2.47. The second kappa shape index (κ2) is 3.37. The maximum atomic E-state index is 10.7. The molecule has 0 radical (unpaired) electrons. The fourth-order valence-corrected chi connectivity index (χ4v) is 1.21. The lowest BCUT2D eigenvalue weighted by Gasteiger charge is -2.13. The molecular formula is C9H13NO. The highest BCUT2D eigenvalue weighted by molar-refractivity contribution is 5.92. The summed E-state index contributed by atoms with van der Waals surface area (Å²) in [5, 5.41) is 0. The van der Waals surface area contributed by atoms with Gasteiger partial charge in [-0.3, -0.25) is 4.79 Å². The normalized spacial score (nSPS) is 23.0. The molecule has 1 amide bonds. The van der Waals surface area contributed by atoms with E-state index in [0.717, 1.165) is 18.4 Å². The van der Waals surface area contributed by atoms with Crippen LogP contribution in [0.1, 0.15) is 19.8 Å². The molecule has 2 N–H and O–H groups in total. The molecule has 2 nitrogen and oxygen atoms in total. The number of nitrogens with two attached hydrogens (primary N) is 1. The van der Waals surface area contributed by atoms with E-state index in [9.17, 15) is 4.79 Å². The Bertz CT molecular complexity index is 216. The molecule has 60 valence electrons. The number of hydrogen-bond acceptors (Lipinski definition) is 1. The van der Waals surface area contributed by atoms with Crippen LogP contribution < -0.4 is 5.73 Å². The Hall–Kier alpha value is -1.05. The van der Waals surface area contributed by atoms with E-state index < -0.39 is 0 Å². The predicted molar refractivity (Wildman–Crippen MR) is 44.8 cm³/mol. The molecule has 1 rings (SSSR count). The molecule has 0 aliphatic heterocycles. The van der Waals surface area contributed by atoms with Crippen LogP contribution >= 0.6 is 0 Å². The van der Waals surface area contributed by atoms with Gasteiger partial charge in [-0.05, 0) is 18.8 Å². The van der Waals surface area contributed by atoms with Crippen LogP contribution in [0.15, 0.2) is 23.8 Å². The predicted octanol–water partition coefficient (Wildman–Crippen LogP) is 1.38. The minimum absolute atomic E-state index is 0.284. The maximum Gasteiger partial charge on any atom is 0.244 e. The summed E-state index contributed by atoms with van der Waals surface area (Å²) in [6.07, 6.45) is 7.71. The van der Waals surface area contributed by atoms with Crippen LogP contribution in [0.3, 0.4) is 0 Å². The van der Waals surface area contributed by atoms with Gasteiger partial charge in [0, 0.05) is 5.57 Å². The zero-order chi connectivity index (χ0) is 8.27. The van der Waals surface area contributed by atoms with Gasteiger partial charge in [-0.15, -0.1) is 0 Å². The van der Waals surface area contributed by atoms with Gasteiger partial charge >= 0.3 is 0 Å². The Balaban J connectivity index is 2.64. The van der Waals surface area contributed by atoms with E-state index in [1.165, 1.54) is 0 Å². The molecule has 0 aromatic rings. The molecule has 0 heterocycles. The van der Waals surface area contributed by atoms with Crippen molar-refractivity contribution in [1.29, 1.82) is 0 Å². The van der Waals surface area contributed by atoms with Crippen molar-refractivity contribution in [3.05, 3.63) is 23.8 Å². The van der Waals surface area contributed by atoms with Gasteiger partial charge in [0.15, 0.2) is 0 Å². The summed E-state index contributed by atoms with van der Waals surface area (Å²) < 4.78 is 0. The van der Waals surface area contributed by atoms with Gasteiger partial charge in [0.25, 0.3) is 0 Å². The lowest BCUT2D eigenvalue weighted by Crippen LogP contribution is -2.17. The maximum absolute atomic E-state index is 10.7. The SMILES string of the molecule is CCC1C=CC=C(C(N)=O)C1. The number of allylic oxidation sites excluding steroid dienone is 3. The molecule has 0 aromatic carbocycles. The first-order valence-corrected chi connectivity index (χ1v) is 3.91. The third kappa shape index (κ3) is 1.93. The molecule has 0 saturated carbocycles. The van der Waals surface area contributed by atoms with Crippen molar-refractivity contribution in [3.8, 4) is 0 Å². The highest BCUT2D eigenvalue weighted by Gasteiger charge is 2.12. The van der Waals surface area contributed by atoms with Gasteiger partial charge in [-0.25, -0.2) is 0 Å². The zero-order valence-electron chi connectivity index (χ0n) is 6.71. The monoisotopic (exact) mass is 151 g/mol. The van der Waals surface area contributed by atoms with E-state index in [4.69, 9.17) is 5.73 Å². The van der Waals surface area contributed by atoms with Crippen LogP contribution in [-0.4, -0.2) is 5.91 Å². The average molecular weight is 151 g/mol. The van der Waals surface area contributed by atoms with Crippen molar-refractivity contribution in [3.63, 3.8) is 0 Å². The summed E-state index contributed by atoms with van der Waals surface area (Å²) in [6, 6.07) is 0. The van der Waals surface area contributed by atoms with Crippen LogP contribution in [0.4, 0.5) is 0 Å². The molecule has 0 aromatic heterocycles. The molecule has 1 atom stereocenters. The molecule has 1 aliphatic rings. The molecule has 1 aliphatic carbocycles. The van der Waals surface area contributed by atoms with Gasteiger partial charge in [0.05, 0.1) is 0 Å². The fraction of sp³-hybridized carbons (Fsp3) is 0.444. The van der Waals surface area contributed by atoms with Crippen LogP contribution in [0.5, 0.6) is 0 Å². The van der Waals surface area contributed by atoms with E-state index in [2.05, 4.69) is 13.0 Å². The summed E-state index contributed by atoms with van der Waals surface area (Å²) in [4.78, 5) is 10.7. The smallest absolute Gasteiger partial charge is 0.244 e. The standard InChI is InChI=1S/C9H13NO/c1-2-7-4-3-5-8(6-7)9(10)11/h3-5,7H,2,6H2,1H3,(H2,10,11). The largest absolute Gasteiger partial charge is 0.366 e. The van der Waals surface area contributed by atoms with Crippen molar-refractivity contribution in [1.82, 2.24) is 0 Å². The summed E-state index contributed by atoms with van der Waals surface area (Å²) in [6.45, 7) is 2.11. The van der Waals surface area contributed by atoms with E-state index in [1.807, 2.05) is 6.08 Å². The molecule has 11 heavy (non-hydrogen) atoms. The molecule has 0 bridgehead atoms. The van der Waals surface area contributed by atoms with Gasteiger partial charge in [0.1, 0.15) is 0 Å². The van der Waals surface area contributed by atoms with Crippen molar-refractivity contribution in [2.24, 2.45) is 11.7 Å². The van der Waals surface area contributed by atoms with Crippen LogP contribution in [0.2, 0.25) is 0 Å². The summed E-state index contributed by atoms with van der Waals surface area (Å²) in [7, 11) is 0. The summed E-state index contributed by atoms with van der Waals surface area (Å²) in [5.74, 6) is 0.218. The van der Waals surface area contributed by atoms with Crippen LogP contribution in [0, 0.1) is 5.92 Å². The third-order valence-corrected chi connectivity index (χ3v) is 2.00. The van der Waals surface area contributed by atoms with Crippen molar-refractivity contribution < 1.29 is 4.79 Å². The quantitative estimate of drug-likeness (QED) is 0.636. The van der Waals surface area contributed by atoms with Gasteiger partial charge in [-0.1, -0.05) is 25.2 Å². The second-order valence-corrected chi connectivity index (χ2v) is 2.81. The van der Waals surface area contributed by atoms with Crippen molar-refractivity contribution in [2.75, 3.05) is 0 Å². The Morgan fingerprint density at radius 2 is 2.55 bits per heavy atom. The molecule has 0 fully saturated rings. The Morgan fingerprint density at radius 1 is 1.82 bits per heavy atom. The zero-order valence-corrected chi connectivity index (χ0v) is 6.71. The third-order valence-electron chi connectivity index (χ3n) is 2.00. The lowest BCUT2D eigenvalue weighted by atomic mass is 9.92. The first-order chi connectivity index (χ1) is 5.24. The molecule has 2 heteroatoms. The van der Waals surface area contributed by atoms with Gasteiger partial charge < -0.3 is 5.73 Å². The van der Waals surface area contributed by atoms with E-state index >= 15 is 0 Å². The van der Waals surface area contributed by atoms with E-state index in [-0.39, 0.29) is 5.91 Å². The van der Waals surface area contributed by atoms with Gasteiger partial charge in [0.2, 0.25) is 5.91 Å². The number of hydrogen-bond donors (Lipinski definition) is 1. The molecule has 0 spiro atoms. The second-order valence-electron chi connectivity index (χ2n) is 2.81. The topological polar surface area (TPSA) is 43.1 Å². The fourth-order valence-electron chi connectivity index (χ4n) is 1.21. The average Bonchev–Trinajstić information content (AvgIpc) is 2.05. The van der Waals surface area contributed by atoms with Crippen LogP contribution in [-0.2, 0) is 4.79 Å². The summed E-state index contributed by atoms with van der Waals surface area (Å²) in [5.41, 5.74) is 5.89. The van der Waals surface area contributed by atoms with E-state index in [1.54, 1.807) is 6.08 Å². The number of carbonyl (C=O) groups is 1. The summed E-state index contributed by atoms with van der Waals surface area (Å²) >= 11 is 0. The number of rotatable bonds is 2. The lowest BCUT2D eigenvalue weighted by molar-refractivity contribution is -0.114. The Labute approximate surface area is 66.8 Å². The Morgan fingerprint density at radius 3 is 3.09 bits per heavy atom. The van der Waals surface area contributed by atoms with Gasteiger partial charge in [-0.2, -0.15) is 0 Å². The van der Waals surface area contributed by atoms with Crippen molar-refractivity contribution >= 4 is 5.91 Å². The molecule has 0 saturated heterocycles. The first-order valence-electron chi connectivity index (χ1n) is 3.91. The first kappa shape index (κ1) is 8.05. The van der Waals surface area contributed by atoms with E-state index in [0.29, 0.717) is 5.92 Å². The number of carbonyl (C=O) groups excluding carboxylic acids is 1. The molecular weight excluding hydrogens is 138 g/mol.